The van der Waals surface area contributed by atoms with Gasteiger partial charge < -0.3 is 32.8 Å². The topological polar surface area (TPSA) is 85.6 Å². The van der Waals surface area contributed by atoms with Gasteiger partial charge in [-0.1, -0.05) is 0 Å². The van der Waals surface area contributed by atoms with E-state index in [1.807, 2.05) is 0 Å². The third-order valence-corrected chi connectivity index (χ3v) is 5.46. The minimum atomic E-state index is -0.275. The molecule has 3 aromatic carbocycles. The molecule has 172 valence electrons. The zero-order valence-corrected chi connectivity index (χ0v) is 19.2. The number of hydrogen-bond acceptors (Lipinski definition) is 8. The van der Waals surface area contributed by atoms with E-state index < -0.39 is 0 Å². The van der Waals surface area contributed by atoms with E-state index in [0.29, 0.717) is 51.0 Å². The van der Waals surface area contributed by atoms with E-state index in [0.717, 1.165) is 0 Å². The number of hydrogen-bond donors (Lipinski definition) is 0. The molecular formula is C25H24O8. The fourth-order valence-corrected chi connectivity index (χ4v) is 3.89. The van der Waals surface area contributed by atoms with Gasteiger partial charge in [-0.3, -0.25) is 4.79 Å². The molecule has 0 atom stereocenters. The molecule has 1 aromatic heterocycles. The average Bonchev–Trinajstić information content (AvgIpc) is 2.86. The maximum Gasteiger partial charge on any atom is 0.204 e. The summed E-state index contributed by atoms with van der Waals surface area (Å²) in [5, 5.41) is 0.604. The third-order valence-electron chi connectivity index (χ3n) is 5.46. The normalized spacial score (nSPS) is 10.8. The standard InChI is InChI=1S/C25H24O8/c1-27-14-9-13(10-15(11-14)28-2)20-18(30-4)12-19(31-5)21-22(26)16-7-8-17(29-3)24(32-6)23(16)33-25(20)21/h7-12H,1-6H3. The molecule has 0 saturated carbocycles. The summed E-state index contributed by atoms with van der Waals surface area (Å²) in [6.07, 6.45) is 0. The first-order valence-corrected chi connectivity index (χ1v) is 10.0. The zero-order valence-electron chi connectivity index (χ0n) is 19.2. The third kappa shape index (κ3) is 3.53. The summed E-state index contributed by atoms with van der Waals surface area (Å²) < 4.78 is 39.4. The molecule has 0 fully saturated rings. The van der Waals surface area contributed by atoms with Crippen LogP contribution in [0.25, 0.3) is 33.1 Å². The van der Waals surface area contributed by atoms with Crippen LogP contribution in [0.2, 0.25) is 0 Å². The summed E-state index contributed by atoms with van der Waals surface area (Å²) in [6, 6.07) is 10.3. The highest BCUT2D eigenvalue weighted by Gasteiger charge is 2.24. The van der Waals surface area contributed by atoms with E-state index in [2.05, 4.69) is 0 Å². The van der Waals surface area contributed by atoms with E-state index in [9.17, 15) is 4.79 Å². The van der Waals surface area contributed by atoms with Gasteiger partial charge in [-0.05, 0) is 29.8 Å². The van der Waals surface area contributed by atoms with Crippen LogP contribution in [0.1, 0.15) is 0 Å². The number of ether oxygens (including phenoxy) is 6. The fourth-order valence-electron chi connectivity index (χ4n) is 3.89. The van der Waals surface area contributed by atoms with Crippen LogP contribution in [0.3, 0.4) is 0 Å². The molecule has 4 rings (SSSR count). The van der Waals surface area contributed by atoms with Gasteiger partial charge in [-0.15, -0.1) is 0 Å². The van der Waals surface area contributed by atoms with Gasteiger partial charge in [-0.2, -0.15) is 0 Å². The van der Waals surface area contributed by atoms with Crippen molar-refractivity contribution >= 4 is 21.9 Å². The van der Waals surface area contributed by atoms with E-state index in [1.54, 1.807) is 50.6 Å². The Labute approximate surface area is 190 Å². The van der Waals surface area contributed by atoms with Gasteiger partial charge >= 0.3 is 0 Å². The quantitative estimate of drug-likeness (QED) is 0.374. The first-order valence-electron chi connectivity index (χ1n) is 10.0. The van der Waals surface area contributed by atoms with Gasteiger partial charge in [0, 0.05) is 12.1 Å². The average molecular weight is 452 g/mol. The second kappa shape index (κ2) is 8.82. The molecule has 0 amide bonds. The Bertz CT molecular complexity index is 1380. The Morgan fingerprint density at radius 2 is 1.27 bits per heavy atom. The predicted molar refractivity (Wildman–Crippen MR) is 125 cm³/mol. The zero-order chi connectivity index (χ0) is 23.7. The van der Waals surface area contributed by atoms with E-state index in [1.165, 1.54) is 28.4 Å². The summed E-state index contributed by atoms with van der Waals surface area (Å²) in [4.78, 5) is 13.6. The van der Waals surface area contributed by atoms with Crippen molar-refractivity contribution < 1.29 is 32.8 Å². The van der Waals surface area contributed by atoms with Crippen LogP contribution in [0.15, 0.2) is 45.6 Å². The number of benzene rings is 3. The summed E-state index contributed by atoms with van der Waals surface area (Å²) in [5.41, 5.74) is 1.45. The van der Waals surface area contributed by atoms with Crippen LogP contribution in [0, 0.1) is 0 Å². The van der Waals surface area contributed by atoms with Gasteiger partial charge in [0.25, 0.3) is 0 Å². The first kappa shape index (κ1) is 22.1. The van der Waals surface area contributed by atoms with Crippen molar-refractivity contribution in [2.75, 3.05) is 42.7 Å². The van der Waals surface area contributed by atoms with Gasteiger partial charge in [-0.25, -0.2) is 0 Å². The molecule has 0 N–H and O–H groups in total. The van der Waals surface area contributed by atoms with Gasteiger partial charge in [0.05, 0.1) is 53.6 Å². The largest absolute Gasteiger partial charge is 0.497 e. The maximum absolute atomic E-state index is 13.6. The van der Waals surface area contributed by atoms with E-state index >= 15 is 0 Å². The molecular weight excluding hydrogens is 428 g/mol. The van der Waals surface area contributed by atoms with Crippen LogP contribution < -0.4 is 33.8 Å². The van der Waals surface area contributed by atoms with E-state index in [4.69, 9.17) is 32.8 Å². The summed E-state index contributed by atoms with van der Waals surface area (Å²) in [6.45, 7) is 0. The van der Waals surface area contributed by atoms with Gasteiger partial charge in [0.15, 0.2) is 16.9 Å². The SMILES string of the molecule is COc1cc(OC)cc(-c2c(OC)cc(OC)c3c(=O)c4ccc(OC)c(OC)c4oc23)c1. The van der Waals surface area contributed by atoms with Crippen molar-refractivity contribution in [1.29, 1.82) is 0 Å². The lowest BCUT2D eigenvalue weighted by Crippen LogP contribution is -2.07. The summed E-state index contributed by atoms with van der Waals surface area (Å²) in [5.74, 6) is 2.65. The second-order valence-corrected chi connectivity index (χ2v) is 7.07. The molecule has 4 aromatic rings. The second-order valence-electron chi connectivity index (χ2n) is 7.07. The molecule has 1 heterocycles. The Morgan fingerprint density at radius 1 is 0.636 bits per heavy atom. The first-order chi connectivity index (χ1) is 16.0. The smallest absolute Gasteiger partial charge is 0.204 e. The Kier molecular flexibility index (Phi) is 5.91. The molecule has 0 radical (unpaired) electrons. The van der Waals surface area contributed by atoms with Crippen molar-refractivity contribution in [2.24, 2.45) is 0 Å². The van der Waals surface area contributed by atoms with Crippen LogP contribution >= 0.6 is 0 Å². The molecule has 8 nitrogen and oxygen atoms in total. The summed E-state index contributed by atoms with van der Waals surface area (Å²) >= 11 is 0. The molecule has 0 bridgehead atoms. The molecule has 0 saturated heterocycles. The lowest BCUT2D eigenvalue weighted by molar-refractivity contribution is 0.354. The Balaban J connectivity index is 2.24. The van der Waals surface area contributed by atoms with Crippen LogP contribution in [0.4, 0.5) is 0 Å². The highest BCUT2D eigenvalue weighted by Crippen LogP contribution is 2.45. The number of fused-ring (bicyclic) bond motifs is 2. The van der Waals surface area contributed by atoms with Crippen molar-refractivity contribution in [3.63, 3.8) is 0 Å². The number of methoxy groups -OCH3 is 6. The monoisotopic (exact) mass is 452 g/mol. The molecule has 0 aliphatic carbocycles. The van der Waals surface area contributed by atoms with Crippen molar-refractivity contribution in [1.82, 2.24) is 0 Å². The van der Waals surface area contributed by atoms with Crippen LogP contribution in [-0.2, 0) is 0 Å². The molecule has 0 aliphatic heterocycles. The highest BCUT2D eigenvalue weighted by molar-refractivity contribution is 6.04. The molecule has 0 aliphatic rings. The van der Waals surface area contributed by atoms with Crippen molar-refractivity contribution in [3.05, 3.63) is 46.6 Å². The van der Waals surface area contributed by atoms with Gasteiger partial charge in [0.1, 0.15) is 28.4 Å². The minimum absolute atomic E-state index is 0.251. The maximum atomic E-state index is 13.6. The van der Waals surface area contributed by atoms with Crippen LogP contribution in [-0.4, -0.2) is 42.7 Å². The van der Waals surface area contributed by atoms with E-state index in [-0.39, 0.29) is 22.0 Å². The molecule has 0 spiro atoms. The summed E-state index contributed by atoms with van der Waals surface area (Å²) in [7, 11) is 9.15. The van der Waals surface area contributed by atoms with Crippen molar-refractivity contribution in [3.8, 4) is 45.6 Å². The highest BCUT2D eigenvalue weighted by atomic mass is 16.5. The molecule has 0 unspecified atom stereocenters. The predicted octanol–water partition coefficient (Wildman–Crippen LogP) is 4.66. The molecule has 8 heteroatoms. The Hall–Kier alpha value is -4.07. The Morgan fingerprint density at radius 3 is 1.82 bits per heavy atom. The lowest BCUT2D eigenvalue weighted by atomic mass is 9.99. The lowest BCUT2D eigenvalue weighted by Gasteiger charge is -2.17. The number of rotatable bonds is 7. The van der Waals surface area contributed by atoms with Crippen LogP contribution in [0.5, 0.6) is 34.5 Å². The van der Waals surface area contributed by atoms with Gasteiger partial charge in [0.2, 0.25) is 11.2 Å². The fraction of sp³-hybridized carbons (Fsp3) is 0.240. The van der Waals surface area contributed by atoms with Crippen molar-refractivity contribution in [2.45, 2.75) is 0 Å². The minimum Gasteiger partial charge on any atom is -0.497 e. The molecule has 33 heavy (non-hydrogen) atoms.